The van der Waals surface area contributed by atoms with E-state index in [2.05, 4.69) is 42.5 Å². The molecule has 31 heavy (non-hydrogen) atoms. The topological polar surface area (TPSA) is 67.9 Å². The Morgan fingerprint density at radius 3 is 2.45 bits per heavy atom. The van der Waals surface area contributed by atoms with Crippen molar-refractivity contribution in [2.75, 3.05) is 32.8 Å². The molecular weight excluding hydrogens is 412 g/mol. The van der Waals surface area contributed by atoms with Crippen molar-refractivity contribution < 1.29 is 17.9 Å². The van der Waals surface area contributed by atoms with Gasteiger partial charge in [0.05, 0.1) is 4.90 Å². The van der Waals surface area contributed by atoms with Crippen molar-refractivity contribution in [1.29, 1.82) is 0 Å². The second-order valence-electron chi connectivity index (χ2n) is 9.27. The van der Waals surface area contributed by atoms with Gasteiger partial charge in [-0.25, -0.2) is 13.1 Å². The van der Waals surface area contributed by atoms with Crippen LogP contribution in [0.15, 0.2) is 47.4 Å². The normalized spacial score (nSPS) is 19.5. The highest BCUT2D eigenvalue weighted by Gasteiger charge is 2.27. The summed E-state index contributed by atoms with van der Waals surface area (Å²) >= 11 is 0. The summed E-state index contributed by atoms with van der Waals surface area (Å²) in [6, 6.07) is 13.6. The second-order valence-corrected chi connectivity index (χ2v) is 11.0. The highest BCUT2D eigenvalue weighted by molar-refractivity contribution is 7.89. The Kier molecular flexibility index (Phi) is 6.28. The molecule has 1 saturated heterocycles. The maximum Gasteiger partial charge on any atom is 0.240 e. The molecule has 0 aromatic heterocycles. The van der Waals surface area contributed by atoms with Crippen molar-refractivity contribution in [3.05, 3.63) is 53.6 Å². The summed E-state index contributed by atoms with van der Waals surface area (Å²) < 4.78 is 39.6. The van der Waals surface area contributed by atoms with Gasteiger partial charge in [0.15, 0.2) is 11.5 Å². The van der Waals surface area contributed by atoms with Crippen molar-refractivity contribution in [3.8, 4) is 11.5 Å². The van der Waals surface area contributed by atoms with Gasteiger partial charge in [-0.1, -0.05) is 39.0 Å². The third-order valence-corrected chi connectivity index (χ3v) is 7.51. The fourth-order valence-corrected chi connectivity index (χ4v) is 5.30. The number of nitrogens with one attached hydrogen (secondary N) is 1. The van der Waals surface area contributed by atoms with Gasteiger partial charge in [-0.2, -0.15) is 0 Å². The molecular formula is C24H32N2O4S. The average Bonchev–Trinajstić information content (AvgIpc) is 3.21. The first-order valence-corrected chi connectivity index (χ1v) is 12.5. The van der Waals surface area contributed by atoms with Gasteiger partial charge in [-0.05, 0) is 60.2 Å². The molecule has 2 aliphatic heterocycles. The van der Waals surface area contributed by atoms with Crippen molar-refractivity contribution in [3.63, 3.8) is 0 Å². The summed E-state index contributed by atoms with van der Waals surface area (Å²) in [7, 11) is -3.52. The zero-order valence-electron chi connectivity index (χ0n) is 18.6. The van der Waals surface area contributed by atoms with Crippen LogP contribution in [-0.4, -0.2) is 46.2 Å². The van der Waals surface area contributed by atoms with E-state index in [4.69, 9.17) is 9.47 Å². The van der Waals surface area contributed by atoms with Crippen molar-refractivity contribution in [2.45, 2.75) is 50.0 Å². The van der Waals surface area contributed by atoms with E-state index in [9.17, 15) is 8.42 Å². The van der Waals surface area contributed by atoms with E-state index in [1.807, 2.05) is 18.2 Å². The molecule has 6 nitrogen and oxygen atoms in total. The molecule has 0 saturated carbocycles. The van der Waals surface area contributed by atoms with Crippen LogP contribution in [0.4, 0.5) is 0 Å². The van der Waals surface area contributed by atoms with E-state index in [1.165, 1.54) is 5.56 Å². The zero-order valence-corrected chi connectivity index (χ0v) is 19.4. The van der Waals surface area contributed by atoms with Gasteiger partial charge in [0.2, 0.25) is 10.0 Å². The van der Waals surface area contributed by atoms with Crippen LogP contribution >= 0.6 is 0 Å². The SMILES string of the molecule is CC(C)(C)c1ccc(S(=O)(=O)NCCN2CCCC2c2ccc3c(c2)OCCO3)cc1. The minimum Gasteiger partial charge on any atom is -0.486 e. The summed E-state index contributed by atoms with van der Waals surface area (Å²) in [4.78, 5) is 2.65. The third kappa shape index (κ3) is 5.05. The van der Waals surface area contributed by atoms with E-state index < -0.39 is 10.0 Å². The molecule has 1 N–H and O–H groups in total. The molecule has 168 valence electrons. The van der Waals surface area contributed by atoms with Gasteiger partial charge in [0.1, 0.15) is 13.2 Å². The van der Waals surface area contributed by atoms with Crippen molar-refractivity contribution >= 4 is 10.0 Å². The van der Waals surface area contributed by atoms with E-state index in [-0.39, 0.29) is 11.5 Å². The Morgan fingerprint density at radius 1 is 1.03 bits per heavy atom. The molecule has 0 bridgehead atoms. The van der Waals surface area contributed by atoms with Crippen LogP contribution in [0.3, 0.4) is 0 Å². The van der Waals surface area contributed by atoms with Crippen LogP contribution in [0, 0.1) is 0 Å². The first-order valence-electron chi connectivity index (χ1n) is 11.0. The molecule has 0 amide bonds. The monoisotopic (exact) mass is 444 g/mol. The van der Waals surface area contributed by atoms with Crippen LogP contribution < -0.4 is 14.2 Å². The predicted molar refractivity (Wildman–Crippen MR) is 121 cm³/mol. The Hall–Kier alpha value is -2.09. The molecule has 0 spiro atoms. The Balaban J connectivity index is 1.37. The number of sulfonamides is 1. The maximum absolute atomic E-state index is 12.7. The highest BCUT2D eigenvalue weighted by atomic mass is 32.2. The molecule has 7 heteroatoms. The molecule has 2 aliphatic rings. The van der Waals surface area contributed by atoms with E-state index in [1.54, 1.807) is 12.1 Å². The Bertz CT molecular complexity index is 1010. The lowest BCUT2D eigenvalue weighted by Crippen LogP contribution is -2.34. The maximum atomic E-state index is 12.7. The standard InChI is InChI=1S/C24H32N2O4S/c1-24(2,3)19-7-9-20(10-8-19)31(27,28)25-12-14-26-13-4-5-21(26)18-6-11-22-23(17-18)30-16-15-29-22/h6-11,17,21,25H,4-5,12-16H2,1-3H3. The Morgan fingerprint density at radius 2 is 1.74 bits per heavy atom. The molecule has 1 atom stereocenters. The average molecular weight is 445 g/mol. The molecule has 0 aliphatic carbocycles. The first-order chi connectivity index (χ1) is 14.7. The number of benzene rings is 2. The summed E-state index contributed by atoms with van der Waals surface area (Å²) in [6.45, 7) is 9.50. The van der Waals surface area contributed by atoms with Crippen LogP contribution in [0.1, 0.15) is 50.8 Å². The van der Waals surface area contributed by atoms with Crippen LogP contribution in [0.5, 0.6) is 11.5 Å². The fraction of sp³-hybridized carbons (Fsp3) is 0.500. The first kappa shape index (κ1) is 22.1. The fourth-order valence-electron chi connectivity index (χ4n) is 4.28. The summed E-state index contributed by atoms with van der Waals surface area (Å²) in [5.74, 6) is 1.60. The predicted octanol–water partition coefficient (Wildman–Crippen LogP) is 3.87. The van der Waals surface area contributed by atoms with E-state index >= 15 is 0 Å². The largest absolute Gasteiger partial charge is 0.486 e. The molecule has 1 fully saturated rings. The van der Waals surface area contributed by atoms with Gasteiger partial charge in [-0.3, -0.25) is 4.90 Å². The van der Waals surface area contributed by atoms with E-state index in [0.29, 0.717) is 31.2 Å². The Labute approximate surface area is 185 Å². The third-order valence-electron chi connectivity index (χ3n) is 6.04. The minimum atomic E-state index is -3.52. The summed E-state index contributed by atoms with van der Waals surface area (Å²) in [6.07, 6.45) is 2.15. The van der Waals surface area contributed by atoms with Gasteiger partial charge in [-0.15, -0.1) is 0 Å². The van der Waals surface area contributed by atoms with Crippen LogP contribution in [0.2, 0.25) is 0 Å². The smallest absolute Gasteiger partial charge is 0.240 e. The van der Waals surface area contributed by atoms with Gasteiger partial charge in [0, 0.05) is 19.1 Å². The van der Waals surface area contributed by atoms with Crippen molar-refractivity contribution in [2.24, 2.45) is 0 Å². The number of likely N-dealkylation sites (tertiary alicyclic amines) is 1. The van der Waals surface area contributed by atoms with Gasteiger partial charge >= 0.3 is 0 Å². The number of nitrogens with zero attached hydrogens (tertiary/aromatic N) is 1. The lowest BCUT2D eigenvalue weighted by Gasteiger charge is -2.26. The molecule has 2 aromatic carbocycles. The lowest BCUT2D eigenvalue weighted by atomic mass is 9.87. The zero-order chi connectivity index (χ0) is 22.1. The molecule has 0 radical (unpaired) electrons. The number of ether oxygens (including phenoxy) is 2. The number of hydrogen-bond acceptors (Lipinski definition) is 5. The van der Waals surface area contributed by atoms with Gasteiger partial charge < -0.3 is 9.47 Å². The van der Waals surface area contributed by atoms with Crippen LogP contribution in [-0.2, 0) is 15.4 Å². The summed E-state index contributed by atoms with van der Waals surface area (Å²) in [5, 5.41) is 0. The number of fused-ring (bicyclic) bond motifs is 1. The van der Waals surface area contributed by atoms with Crippen LogP contribution in [0.25, 0.3) is 0 Å². The number of rotatable bonds is 6. The molecule has 1 unspecified atom stereocenters. The number of hydrogen-bond donors (Lipinski definition) is 1. The van der Waals surface area contributed by atoms with Gasteiger partial charge in [0.25, 0.3) is 0 Å². The second kappa shape index (κ2) is 8.81. The highest BCUT2D eigenvalue weighted by Crippen LogP contribution is 2.37. The molecule has 2 aromatic rings. The molecule has 2 heterocycles. The minimum absolute atomic E-state index is 0.00562. The van der Waals surface area contributed by atoms with E-state index in [0.717, 1.165) is 36.4 Å². The quantitative estimate of drug-likeness (QED) is 0.733. The van der Waals surface area contributed by atoms with Crippen molar-refractivity contribution in [1.82, 2.24) is 9.62 Å². The summed E-state index contributed by atoms with van der Waals surface area (Å²) in [5.41, 5.74) is 2.31. The molecule has 4 rings (SSSR count). The lowest BCUT2D eigenvalue weighted by molar-refractivity contribution is 0.170.